The van der Waals surface area contributed by atoms with Gasteiger partial charge in [-0.2, -0.15) is 11.8 Å². The molecule has 0 bridgehead atoms. The van der Waals surface area contributed by atoms with Crippen LogP contribution in [0.4, 0.5) is 0 Å². The molecule has 0 saturated heterocycles. The Kier molecular flexibility index (Phi) is 3.76. The fourth-order valence-corrected chi connectivity index (χ4v) is 1.78. The quantitative estimate of drug-likeness (QED) is 0.801. The molecule has 70 valence electrons. The van der Waals surface area contributed by atoms with Crippen LogP contribution in [0.2, 0.25) is 0 Å². The summed E-state index contributed by atoms with van der Waals surface area (Å²) in [5.41, 5.74) is 0.970. The second-order valence-electron chi connectivity index (χ2n) is 2.61. The lowest BCUT2D eigenvalue weighted by Gasteiger charge is -2.10. The highest BCUT2D eigenvalue weighted by molar-refractivity contribution is 7.98. The van der Waals surface area contributed by atoms with Crippen LogP contribution in [0.3, 0.4) is 0 Å². The summed E-state index contributed by atoms with van der Waals surface area (Å²) in [4.78, 5) is 14.5. The number of rotatable bonds is 4. The van der Waals surface area contributed by atoms with Crippen LogP contribution in [-0.2, 0) is 4.79 Å². The summed E-state index contributed by atoms with van der Waals surface area (Å²) in [6.45, 7) is 0. The maximum atomic E-state index is 10.5. The molecule has 1 aromatic rings. The molecule has 1 aromatic heterocycles. The topological polar surface area (TPSA) is 50.2 Å². The Balaban J connectivity index is 2.73. The molecule has 1 N–H and O–H groups in total. The first-order valence-electron chi connectivity index (χ1n) is 3.88. The van der Waals surface area contributed by atoms with Crippen molar-refractivity contribution in [2.75, 3.05) is 6.26 Å². The maximum absolute atomic E-state index is 10.5. The standard InChI is InChI=1S/C9H11NO2S/c1-13-8(5-9(11)12)7-3-2-4-10-6-7/h2-4,6,8H,5H2,1H3,(H,11,12). The van der Waals surface area contributed by atoms with Crippen molar-refractivity contribution in [3.63, 3.8) is 0 Å². The van der Waals surface area contributed by atoms with Crippen molar-refractivity contribution in [2.24, 2.45) is 0 Å². The van der Waals surface area contributed by atoms with Gasteiger partial charge in [-0.15, -0.1) is 0 Å². The van der Waals surface area contributed by atoms with E-state index in [1.165, 1.54) is 11.8 Å². The van der Waals surface area contributed by atoms with E-state index in [-0.39, 0.29) is 11.7 Å². The summed E-state index contributed by atoms with van der Waals surface area (Å²) in [6, 6.07) is 3.72. The van der Waals surface area contributed by atoms with E-state index in [0.717, 1.165) is 5.56 Å². The largest absolute Gasteiger partial charge is 0.481 e. The highest BCUT2D eigenvalue weighted by Crippen LogP contribution is 2.28. The van der Waals surface area contributed by atoms with E-state index in [2.05, 4.69) is 4.98 Å². The zero-order chi connectivity index (χ0) is 9.68. The molecule has 1 unspecified atom stereocenters. The van der Waals surface area contributed by atoms with Crippen LogP contribution in [0.1, 0.15) is 17.2 Å². The summed E-state index contributed by atoms with van der Waals surface area (Å²) in [6.07, 6.45) is 5.44. The molecule has 3 nitrogen and oxygen atoms in total. The van der Waals surface area contributed by atoms with Gasteiger partial charge in [0.1, 0.15) is 0 Å². The number of aromatic nitrogens is 1. The summed E-state index contributed by atoms with van der Waals surface area (Å²) in [7, 11) is 0. The van der Waals surface area contributed by atoms with Crippen molar-refractivity contribution in [1.29, 1.82) is 0 Å². The molecule has 0 fully saturated rings. The second-order valence-corrected chi connectivity index (χ2v) is 3.65. The molecular formula is C9H11NO2S. The molecule has 0 aliphatic carbocycles. The predicted octanol–water partition coefficient (Wildman–Crippen LogP) is 1.96. The number of thioether (sulfide) groups is 1. The second kappa shape index (κ2) is 4.87. The van der Waals surface area contributed by atoms with Crippen molar-refractivity contribution in [3.05, 3.63) is 30.1 Å². The molecule has 0 radical (unpaired) electrons. The van der Waals surface area contributed by atoms with E-state index in [0.29, 0.717) is 0 Å². The van der Waals surface area contributed by atoms with Crippen LogP contribution in [0.15, 0.2) is 24.5 Å². The molecule has 1 atom stereocenters. The van der Waals surface area contributed by atoms with Crippen molar-refractivity contribution < 1.29 is 9.90 Å². The van der Waals surface area contributed by atoms with Gasteiger partial charge in [-0.3, -0.25) is 9.78 Å². The third kappa shape index (κ3) is 3.06. The van der Waals surface area contributed by atoms with E-state index in [1.54, 1.807) is 12.4 Å². The van der Waals surface area contributed by atoms with Crippen LogP contribution >= 0.6 is 11.8 Å². The smallest absolute Gasteiger partial charge is 0.304 e. The van der Waals surface area contributed by atoms with Crippen molar-refractivity contribution in [2.45, 2.75) is 11.7 Å². The molecule has 1 rings (SSSR count). The lowest BCUT2D eigenvalue weighted by Crippen LogP contribution is -2.02. The molecule has 13 heavy (non-hydrogen) atoms. The molecule has 1 heterocycles. The minimum absolute atomic E-state index is 0.00574. The number of aliphatic carboxylic acids is 1. The Morgan fingerprint density at radius 3 is 3.00 bits per heavy atom. The monoisotopic (exact) mass is 197 g/mol. The van der Waals surface area contributed by atoms with E-state index in [1.807, 2.05) is 18.4 Å². The number of carbonyl (C=O) groups is 1. The average molecular weight is 197 g/mol. The molecule has 0 amide bonds. The Bertz CT molecular complexity index is 276. The highest BCUT2D eigenvalue weighted by Gasteiger charge is 2.13. The lowest BCUT2D eigenvalue weighted by atomic mass is 10.1. The lowest BCUT2D eigenvalue weighted by molar-refractivity contribution is -0.137. The van der Waals surface area contributed by atoms with Gasteiger partial charge in [-0.25, -0.2) is 0 Å². The molecule has 0 saturated carbocycles. The number of carboxylic acids is 1. The van der Waals surface area contributed by atoms with Gasteiger partial charge >= 0.3 is 5.97 Å². The summed E-state index contributed by atoms with van der Waals surface area (Å²) >= 11 is 1.53. The molecular weight excluding hydrogens is 186 g/mol. The number of pyridine rings is 1. The number of hydrogen-bond acceptors (Lipinski definition) is 3. The maximum Gasteiger partial charge on any atom is 0.304 e. The number of carboxylic acid groups (broad SMARTS) is 1. The van der Waals surface area contributed by atoms with Crippen LogP contribution in [0.5, 0.6) is 0 Å². The average Bonchev–Trinajstić information content (AvgIpc) is 2.15. The van der Waals surface area contributed by atoms with Gasteiger partial charge in [0.05, 0.1) is 6.42 Å². The predicted molar refractivity (Wildman–Crippen MR) is 52.7 cm³/mol. The van der Waals surface area contributed by atoms with Gasteiger partial charge in [0.2, 0.25) is 0 Å². The van der Waals surface area contributed by atoms with Gasteiger partial charge in [0, 0.05) is 17.6 Å². The Morgan fingerprint density at radius 2 is 2.54 bits per heavy atom. The van der Waals surface area contributed by atoms with Crippen molar-refractivity contribution >= 4 is 17.7 Å². The van der Waals surface area contributed by atoms with Crippen LogP contribution in [-0.4, -0.2) is 22.3 Å². The normalized spacial score (nSPS) is 12.4. The minimum atomic E-state index is -0.775. The van der Waals surface area contributed by atoms with Gasteiger partial charge in [0.15, 0.2) is 0 Å². The van der Waals surface area contributed by atoms with Crippen LogP contribution in [0, 0.1) is 0 Å². The molecule has 0 aliphatic heterocycles. The Hall–Kier alpha value is -1.03. The molecule has 0 aliphatic rings. The van der Waals surface area contributed by atoms with Gasteiger partial charge in [-0.1, -0.05) is 6.07 Å². The third-order valence-electron chi connectivity index (χ3n) is 1.70. The Labute approximate surface area is 81.2 Å². The van der Waals surface area contributed by atoms with E-state index >= 15 is 0 Å². The fraction of sp³-hybridized carbons (Fsp3) is 0.333. The molecule has 0 spiro atoms. The van der Waals surface area contributed by atoms with Crippen molar-refractivity contribution in [1.82, 2.24) is 4.98 Å². The first kappa shape index (κ1) is 10.1. The zero-order valence-corrected chi connectivity index (χ0v) is 8.12. The third-order valence-corrected chi connectivity index (χ3v) is 2.71. The van der Waals surface area contributed by atoms with Crippen LogP contribution < -0.4 is 0 Å². The first-order valence-corrected chi connectivity index (χ1v) is 5.17. The zero-order valence-electron chi connectivity index (χ0n) is 7.30. The van der Waals surface area contributed by atoms with Gasteiger partial charge in [-0.05, 0) is 17.9 Å². The summed E-state index contributed by atoms with van der Waals surface area (Å²) in [5, 5.41) is 8.65. The molecule has 4 heteroatoms. The van der Waals surface area contributed by atoms with Gasteiger partial charge in [0.25, 0.3) is 0 Å². The number of nitrogens with zero attached hydrogens (tertiary/aromatic N) is 1. The van der Waals surface area contributed by atoms with Crippen molar-refractivity contribution in [3.8, 4) is 0 Å². The minimum Gasteiger partial charge on any atom is -0.481 e. The van der Waals surface area contributed by atoms with Gasteiger partial charge < -0.3 is 5.11 Å². The van der Waals surface area contributed by atoms with Crippen LogP contribution in [0.25, 0.3) is 0 Å². The highest BCUT2D eigenvalue weighted by atomic mass is 32.2. The SMILES string of the molecule is CSC(CC(=O)O)c1cccnc1. The molecule has 0 aromatic carbocycles. The number of hydrogen-bond donors (Lipinski definition) is 1. The Morgan fingerprint density at radius 1 is 1.77 bits per heavy atom. The summed E-state index contributed by atoms with van der Waals surface area (Å²) in [5.74, 6) is -0.775. The summed E-state index contributed by atoms with van der Waals surface area (Å²) < 4.78 is 0. The van der Waals surface area contributed by atoms with E-state index in [4.69, 9.17) is 5.11 Å². The van der Waals surface area contributed by atoms with E-state index in [9.17, 15) is 4.79 Å². The fourth-order valence-electron chi connectivity index (χ4n) is 1.06. The van der Waals surface area contributed by atoms with E-state index < -0.39 is 5.97 Å². The first-order chi connectivity index (χ1) is 6.24.